The van der Waals surface area contributed by atoms with Crippen LogP contribution < -0.4 is 22.8 Å². The van der Waals surface area contributed by atoms with E-state index < -0.39 is 11.4 Å². The topological polar surface area (TPSA) is 126 Å². The number of nitrogens with zero attached hydrogens (tertiary/aromatic N) is 5. The van der Waals surface area contributed by atoms with E-state index in [0.29, 0.717) is 18.5 Å². The van der Waals surface area contributed by atoms with Crippen LogP contribution in [0.3, 0.4) is 0 Å². The molecule has 2 aromatic heterocycles. The number of nitrogens with two attached hydrogens (primary N) is 1. The Kier molecular flexibility index (Phi) is 7.49. The molecule has 4 rings (SSSR count). The van der Waals surface area contributed by atoms with Gasteiger partial charge >= 0.3 is 17.3 Å². The van der Waals surface area contributed by atoms with Crippen molar-refractivity contribution in [3.63, 3.8) is 0 Å². The lowest BCUT2D eigenvalue weighted by atomic mass is 10.1. The lowest BCUT2D eigenvalue weighted by Crippen LogP contribution is -2.57. The van der Waals surface area contributed by atoms with Crippen LogP contribution in [0.4, 0.5) is 5.69 Å². The molecule has 2 N–H and O–H groups in total. The maximum atomic E-state index is 13.5. The summed E-state index contributed by atoms with van der Waals surface area (Å²) in [7, 11) is 1.32. The van der Waals surface area contributed by atoms with Gasteiger partial charge < -0.3 is 10.6 Å². The Morgan fingerprint density at radius 1 is 1.06 bits per heavy atom. The van der Waals surface area contributed by atoms with Gasteiger partial charge in [0, 0.05) is 13.0 Å². The summed E-state index contributed by atoms with van der Waals surface area (Å²) in [4.78, 5) is 47.1. The molecule has 4 aromatic rings. The molecule has 188 valence electrons. The SMILES string of the molecule is COC(=O)CCCCn1c(=O)n(N)/c(=N\c2ccc3nc(C)sc3c2)n(Cc2ccc(C)cc2)c1=O. The summed E-state index contributed by atoms with van der Waals surface area (Å²) in [6.07, 6.45) is 1.12. The van der Waals surface area contributed by atoms with E-state index in [9.17, 15) is 14.4 Å². The fourth-order valence-electron chi connectivity index (χ4n) is 3.83. The fraction of sp³-hybridized carbons (Fsp3) is 0.320. The number of methoxy groups -OCH3 is 1. The smallest absolute Gasteiger partial charge is 0.353 e. The quantitative estimate of drug-likeness (QED) is 0.221. The zero-order valence-corrected chi connectivity index (χ0v) is 21.2. The highest BCUT2D eigenvalue weighted by Gasteiger charge is 2.14. The molecular weight excluding hydrogens is 480 g/mol. The van der Waals surface area contributed by atoms with E-state index >= 15 is 0 Å². The highest BCUT2D eigenvalue weighted by molar-refractivity contribution is 7.18. The molecule has 0 bridgehead atoms. The molecule has 0 aliphatic heterocycles. The molecule has 0 aliphatic carbocycles. The van der Waals surface area contributed by atoms with E-state index in [1.807, 2.05) is 50.2 Å². The predicted octanol–water partition coefficient (Wildman–Crippen LogP) is 2.38. The number of aromatic nitrogens is 4. The van der Waals surface area contributed by atoms with E-state index in [0.717, 1.165) is 35.6 Å². The van der Waals surface area contributed by atoms with Crippen molar-refractivity contribution in [3.05, 3.63) is 85.2 Å². The monoisotopic (exact) mass is 508 g/mol. The summed E-state index contributed by atoms with van der Waals surface area (Å²) in [5.74, 6) is 5.88. The average molecular weight is 509 g/mol. The molecule has 0 atom stereocenters. The number of ether oxygens (including phenoxy) is 1. The van der Waals surface area contributed by atoms with Crippen molar-refractivity contribution in [1.82, 2.24) is 18.8 Å². The number of hydrogen-bond donors (Lipinski definition) is 1. The normalized spacial score (nSPS) is 11.8. The van der Waals surface area contributed by atoms with E-state index in [-0.39, 0.29) is 31.1 Å². The number of benzene rings is 2. The third-order valence-corrected chi connectivity index (χ3v) is 6.70. The lowest BCUT2D eigenvalue weighted by Gasteiger charge is -2.14. The Labute approximate surface area is 210 Å². The third-order valence-electron chi connectivity index (χ3n) is 5.77. The summed E-state index contributed by atoms with van der Waals surface area (Å²) in [5, 5.41) is 0.933. The van der Waals surface area contributed by atoms with E-state index in [4.69, 9.17) is 5.84 Å². The predicted molar refractivity (Wildman–Crippen MR) is 139 cm³/mol. The van der Waals surface area contributed by atoms with Gasteiger partial charge in [0.05, 0.1) is 34.6 Å². The molecule has 0 spiro atoms. The first-order chi connectivity index (χ1) is 17.3. The number of thiazole rings is 1. The van der Waals surface area contributed by atoms with Crippen LogP contribution in [-0.2, 0) is 22.6 Å². The minimum Gasteiger partial charge on any atom is -0.469 e. The summed E-state index contributed by atoms with van der Waals surface area (Å²) in [6, 6.07) is 13.2. The van der Waals surface area contributed by atoms with E-state index in [2.05, 4.69) is 14.7 Å². The van der Waals surface area contributed by atoms with Gasteiger partial charge in [-0.3, -0.25) is 9.36 Å². The van der Waals surface area contributed by atoms with Crippen molar-refractivity contribution in [3.8, 4) is 0 Å². The first-order valence-electron chi connectivity index (χ1n) is 11.5. The van der Waals surface area contributed by atoms with Gasteiger partial charge in [-0.2, -0.15) is 4.68 Å². The van der Waals surface area contributed by atoms with Crippen LogP contribution in [0.15, 0.2) is 57.0 Å². The molecule has 0 saturated heterocycles. The van der Waals surface area contributed by atoms with Crippen LogP contribution in [0.5, 0.6) is 0 Å². The number of fused-ring (bicyclic) bond motifs is 1. The van der Waals surface area contributed by atoms with Crippen LogP contribution in [0, 0.1) is 13.8 Å². The minimum absolute atomic E-state index is 0.0389. The Hall–Kier alpha value is -3.99. The van der Waals surface area contributed by atoms with Gasteiger partial charge in [-0.25, -0.2) is 24.1 Å². The second kappa shape index (κ2) is 10.7. The van der Waals surface area contributed by atoms with E-state index in [1.54, 1.807) is 6.07 Å². The summed E-state index contributed by atoms with van der Waals surface area (Å²) >= 11 is 1.54. The van der Waals surface area contributed by atoms with Crippen LogP contribution in [0.25, 0.3) is 10.2 Å². The largest absolute Gasteiger partial charge is 0.469 e. The zero-order valence-electron chi connectivity index (χ0n) is 20.4. The van der Waals surface area contributed by atoms with Crippen molar-refractivity contribution in [2.45, 2.75) is 46.2 Å². The van der Waals surface area contributed by atoms with Gasteiger partial charge in [-0.05, 0) is 50.5 Å². The molecule has 2 heterocycles. The maximum absolute atomic E-state index is 13.5. The summed E-state index contributed by atoms with van der Waals surface area (Å²) < 4.78 is 8.98. The maximum Gasteiger partial charge on any atom is 0.353 e. The highest BCUT2D eigenvalue weighted by atomic mass is 32.1. The average Bonchev–Trinajstić information content (AvgIpc) is 3.24. The van der Waals surface area contributed by atoms with Gasteiger partial charge in [-0.1, -0.05) is 29.8 Å². The van der Waals surface area contributed by atoms with Gasteiger partial charge in [0.2, 0.25) is 5.62 Å². The number of nitrogen functional groups attached to an aromatic ring is 1. The molecule has 11 heteroatoms. The molecule has 0 saturated carbocycles. The van der Waals surface area contributed by atoms with Crippen LogP contribution in [0.1, 0.15) is 35.4 Å². The summed E-state index contributed by atoms with van der Waals surface area (Å²) in [6.45, 7) is 4.21. The number of unbranched alkanes of at least 4 members (excludes halogenated alkanes) is 1. The molecule has 0 unspecified atom stereocenters. The second-order valence-corrected chi connectivity index (χ2v) is 9.72. The fourth-order valence-corrected chi connectivity index (χ4v) is 4.69. The second-order valence-electron chi connectivity index (χ2n) is 8.49. The molecular formula is C25H28N6O4S. The Bertz CT molecular complexity index is 1590. The number of esters is 1. The minimum atomic E-state index is -0.674. The Balaban J connectivity index is 1.81. The standard InChI is InChI=1S/C25H28N6O4S/c1-16-7-9-18(10-8-16)15-30-23(28-19-11-12-20-21(14-19)36-17(2)27-20)31(26)25(34)29(24(30)33)13-5-4-6-22(32)35-3/h7-12,14H,4-6,13,15,26H2,1-3H3/b28-23-. The number of rotatable bonds is 8. The molecule has 0 aliphatic rings. The molecule has 0 radical (unpaired) electrons. The number of hydrogen-bond acceptors (Lipinski definition) is 8. The molecule has 0 amide bonds. The first kappa shape index (κ1) is 25.1. The van der Waals surface area contributed by atoms with Crippen molar-refractivity contribution in [2.24, 2.45) is 4.99 Å². The number of carbonyl (C=O) groups excluding carboxylic acids is 1. The van der Waals surface area contributed by atoms with Gasteiger partial charge in [0.1, 0.15) is 0 Å². The van der Waals surface area contributed by atoms with Gasteiger partial charge in [0.15, 0.2) is 0 Å². The van der Waals surface area contributed by atoms with Gasteiger partial charge in [-0.15, -0.1) is 11.3 Å². The zero-order chi connectivity index (χ0) is 25.8. The third kappa shape index (κ3) is 5.46. The van der Waals surface area contributed by atoms with Crippen molar-refractivity contribution >= 4 is 33.2 Å². The molecule has 10 nitrogen and oxygen atoms in total. The van der Waals surface area contributed by atoms with Crippen LogP contribution >= 0.6 is 11.3 Å². The number of carbonyl (C=O) groups is 1. The van der Waals surface area contributed by atoms with Crippen molar-refractivity contribution < 1.29 is 9.53 Å². The van der Waals surface area contributed by atoms with Crippen LogP contribution in [0.2, 0.25) is 0 Å². The number of aryl methyl sites for hydroxylation is 2. The van der Waals surface area contributed by atoms with Crippen LogP contribution in [-0.4, -0.2) is 31.9 Å². The van der Waals surface area contributed by atoms with Crippen molar-refractivity contribution in [2.75, 3.05) is 13.0 Å². The molecule has 2 aromatic carbocycles. The molecule has 0 fully saturated rings. The van der Waals surface area contributed by atoms with E-state index in [1.165, 1.54) is 23.0 Å². The van der Waals surface area contributed by atoms with Crippen molar-refractivity contribution in [1.29, 1.82) is 0 Å². The summed E-state index contributed by atoms with van der Waals surface area (Å²) in [5.41, 5.74) is 2.21. The highest BCUT2D eigenvalue weighted by Crippen LogP contribution is 2.25. The van der Waals surface area contributed by atoms with Gasteiger partial charge in [0.25, 0.3) is 0 Å². The lowest BCUT2D eigenvalue weighted by molar-refractivity contribution is -0.140. The Morgan fingerprint density at radius 2 is 1.81 bits per heavy atom. The first-order valence-corrected chi connectivity index (χ1v) is 12.3. The Morgan fingerprint density at radius 3 is 2.53 bits per heavy atom. The molecule has 36 heavy (non-hydrogen) atoms.